The monoisotopic (exact) mass is 292 g/mol. The summed E-state index contributed by atoms with van der Waals surface area (Å²) >= 11 is 0. The van der Waals surface area contributed by atoms with Gasteiger partial charge in [0.15, 0.2) is 11.5 Å². The zero-order chi connectivity index (χ0) is 15.3. The fraction of sp³-hybridized carbons (Fsp3) is 0.562. The van der Waals surface area contributed by atoms with E-state index < -0.39 is 5.54 Å². The van der Waals surface area contributed by atoms with Gasteiger partial charge in [0.2, 0.25) is 5.91 Å². The van der Waals surface area contributed by atoms with Crippen LogP contribution in [0.15, 0.2) is 18.2 Å². The summed E-state index contributed by atoms with van der Waals surface area (Å²) in [5.41, 5.74) is 6.16. The summed E-state index contributed by atoms with van der Waals surface area (Å²) in [4.78, 5) is 12.4. The third-order valence-electron chi connectivity index (χ3n) is 3.92. The predicted octanol–water partition coefficient (Wildman–Crippen LogP) is 2.69. The third kappa shape index (κ3) is 3.67. The van der Waals surface area contributed by atoms with Crippen LogP contribution in [-0.2, 0) is 4.79 Å². The van der Waals surface area contributed by atoms with Gasteiger partial charge in [0.1, 0.15) is 0 Å². The Morgan fingerprint density at radius 1 is 1.29 bits per heavy atom. The van der Waals surface area contributed by atoms with Crippen molar-refractivity contribution in [3.63, 3.8) is 0 Å². The minimum atomic E-state index is -0.746. The van der Waals surface area contributed by atoms with E-state index >= 15 is 0 Å². The van der Waals surface area contributed by atoms with Crippen LogP contribution >= 0.6 is 0 Å². The zero-order valence-corrected chi connectivity index (χ0v) is 12.8. The molecule has 0 bridgehead atoms. The first-order chi connectivity index (χ1) is 10.1. The molecule has 0 unspecified atom stereocenters. The van der Waals surface area contributed by atoms with E-state index in [1.165, 1.54) is 0 Å². The van der Waals surface area contributed by atoms with Crippen LogP contribution in [0.25, 0.3) is 0 Å². The van der Waals surface area contributed by atoms with Crippen molar-refractivity contribution in [1.82, 2.24) is 0 Å². The highest BCUT2D eigenvalue weighted by Crippen LogP contribution is 2.32. The zero-order valence-electron chi connectivity index (χ0n) is 12.8. The average Bonchev–Trinajstić information content (AvgIpc) is 2.49. The fourth-order valence-corrected chi connectivity index (χ4v) is 2.69. The summed E-state index contributed by atoms with van der Waals surface area (Å²) in [5.74, 6) is 1.15. The quantitative estimate of drug-likeness (QED) is 0.875. The third-order valence-corrected chi connectivity index (χ3v) is 3.92. The Morgan fingerprint density at radius 2 is 2.00 bits per heavy atom. The minimum absolute atomic E-state index is 0.117. The summed E-state index contributed by atoms with van der Waals surface area (Å²) in [5, 5.41) is 2.90. The molecular weight excluding hydrogens is 268 g/mol. The number of methoxy groups -OCH3 is 1. The Kier molecular flexibility index (Phi) is 5.07. The number of hydrogen-bond donors (Lipinski definition) is 2. The van der Waals surface area contributed by atoms with Crippen molar-refractivity contribution in [3.8, 4) is 11.5 Å². The fourth-order valence-electron chi connectivity index (χ4n) is 2.69. The lowest BCUT2D eigenvalue weighted by atomic mass is 9.82. The van der Waals surface area contributed by atoms with Crippen LogP contribution in [0, 0.1) is 0 Å². The molecule has 116 valence electrons. The van der Waals surface area contributed by atoms with E-state index in [0.29, 0.717) is 23.8 Å². The molecule has 3 N–H and O–H groups in total. The summed E-state index contributed by atoms with van der Waals surface area (Å²) in [6.45, 7) is 2.48. The minimum Gasteiger partial charge on any atom is -0.493 e. The molecule has 0 aromatic heterocycles. The highest BCUT2D eigenvalue weighted by Gasteiger charge is 2.35. The number of anilines is 1. The van der Waals surface area contributed by atoms with Crippen LogP contribution in [0.3, 0.4) is 0 Å². The molecule has 1 aromatic carbocycles. The lowest BCUT2D eigenvalue weighted by Gasteiger charge is -2.31. The van der Waals surface area contributed by atoms with Gasteiger partial charge in [-0.1, -0.05) is 19.3 Å². The molecule has 0 saturated heterocycles. The summed E-state index contributed by atoms with van der Waals surface area (Å²) in [7, 11) is 1.58. The van der Waals surface area contributed by atoms with Gasteiger partial charge in [-0.25, -0.2) is 0 Å². The Balaban J connectivity index is 2.10. The molecule has 0 aliphatic heterocycles. The van der Waals surface area contributed by atoms with Gasteiger partial charge in [-0.3, -0.25) is 4.79 Å². The number of ether oxygens (including phenoxy) is 2. The van der Waals surface area contributed by atoms with Gasteiger partial charge in [-0.05, 0) is 31.9 Å². The largest absolute Gasteiger partial charge is 0.493 e. The molecule has 1 aliphatic carbocycles. The number of hydrogen-bond acceptors (Lipinski definition) is 4. The van der Waals surface area contributed by atoms with E-state index in [4.69, 9.17) is 15.2 Å². The molecule has 0 spiro atoms. The smallest absolute Gasteiger partial charge is 0.244 e. The van der Waals surface area contributed by atoms with Crippen molar-refractivity contribution in [2.24, 2.45) is 5.73 Å². The first kappa shape index (κ1) is 15.6. The maximum atomic E-state index is 12.4. The second kappa shape index (κ2) is 6.80. The van der Waals surface area contributed by atoms with Crippen molar-refractivity contribution >= 4 is 11.6 Å². The summed E-state index contributed by atoms with van der Waals surface area (Å²) in [6.07, 6.45) is 4.66. The van der Waals surface area contributed by atoms with Crippen molar-refractivity contribution in [1.29, 1.82) is 0 Å². The first-order valence-electron chi connectivity index (χ1n) is 7.50. The van der Waals surface area contributed by atoms with Gasteiger partial charge >= 0.3 is 0 Å². The van der Waals surface area contributed by atoms with E-state index in [0.717, 1.165) is 32.1 Å². The van der Waals surface area contributed by atoms with Crippen LogP contribution in [-0.4, -0.2) is 25.2 Å². The number of rotatable bonds is 5. The number of nitrogens with two attached hydrogens (primary N) is 1. The van der Waals surface area contributed by atoms with Crippen molar-refractivity contribution in [2.75, 3.05) is 19.0 Å². The highest BCUT2D eigenvalue weighted by molar-refractivity contribution is 5.98. The van der Waals surface area contributed by atoms with Gasteiger partial charge in [-0.15, -0.1) is 0 Å². The predicted molar refractivity (Wildman–Crippen MR) is 82.8 cm³/mol. The Morgan fingerprint density at radius 3 is 2.62 bits per heavy atom. The Bertz CT molecular complexity index is 496. The van der Waals surface area contributed by atoms with Gasteiger partial charge < -0.3 is 20.5 Å². The Labute approximate surface area is 125 Å². The summed E-state index contributed by atoms with van der Waals surface area (Å²) < 4.78 is 10.7. The molecule has 0 heterocycles. The van der Waals surface area contributed by atoms with Crippen molar-refractivity contribution < 1.29 is 14.3 Å². The number of nitrogens with one attached hydrogen (secondary N) is 1. The normalized spacial score (nSPS) is 17.1. The number of amides is 1. The second-order valence-electron chi connectivity index (χ2n) is 5.47. The van der Waals surface area contributed by atoms with Gasteiger partial charge in [0.05, 0.1) is 19.3 Å². The van der Waals surface area contributed by atoms with E-state index in [-0.39, 0.29) is 5.91 Å². The lowest BCUT2D eigenvalue weighted by molar-refractivity contribution is -0.122. The molecule has 0 radical (unpaired) electrons. The highest BCUT2D eigenvalue weighted by atomic mass is 16.5. The molecule has 1 amide bonds. The van der Waals surface area contributed by atoms with E-state index in [1.54, 1.807) is 25.3 Å². The molecule has 0 atom stereocenters. The molecule has 5 heteroatoms. The molecule has 1 fully saturated rings. The van der Waals surface area contributed by atoms with Crippen molar-refractivity contribution in [2.45, 2.75) is 44.6 Å². The van der Waals surface area contributed by atoms with Crippen molar-refractivity contribution in [3.05, 3.63) is 18.2 Å². The lowest BCUT2D eigenvalue weighted by Crippen LogP contribution is -2.52. The molecule has 5 nitrogen and oxygen atoms in total. The SMILES string of the molecule is CCOc1ccc(NC(=O)C2(N)CCCCC2)cc1OC. The van der Waals surface area contributed by atoms with Gasteiger partial charge in [0.25, 0.3) is 0 Å². The van der Waals surface area contributed by atoms with Crippen LogP contribution in [0.4, 0.5) is 5.69 Å². The molecule has 21 heavy (non-hydrogen) atoms. The molecule has 1 aromatic rings. The Hall–Kier alpha value is -1.75. The van der Waals surface area contributed by atoms with Crippen LogP contribution < -0.4 is 20.5 Å². The van der Waals surface area contributed by atoms with E-state index in [9.17, 15) is 4.79 Å². The van der Waals surface area contributed by atoms with Crippen LogP contribution in [0.5, 0.6) is 11.5 Å². The van der Waals surface area contributed by atoms with E-state index in [1.807, 2.05) is 6.92 Å². The topological polar surface area (TPSA) is 73.6 Å². The molecule has 1 aliphatic rings. The van der Waals surface area contributed by atoms with Crippen LogP contribution in [0.1, 0.15) is 39.0 Å². The maximum absolute atomic E-state index is 12.4. The van der Waals surface area contributed by atoms with Gasteiger partial charge in [-0.2, -0.15) is 0 Å². The number of carbonyl (C=O) groups excluding carboxylic acids is 1. The summed E-state index contributed by atoms with van der Waals surface area (Å²) in [6, 6.07) is 5.36. The maximum Gasteiger partial charge on any atom is 0.244 e. The molecule has 1 saturated carbocycles. The van der Waals surface area contributed by atoms with Crippen LogP contribution in [0.2, 0.25) is 0 Å². The van der Waals surface area contributed by atoms with E-state index in [2.05, 4.69) is 5.32 Å². The molecular formula is C16H24N2O3. The van der Waals surface area contributed by atoms with Gasteiger partial charge in [0, 0.05) is 11.8 Å². The standard InChI is InChI=1S/C16H24N2O3/c1-3-21-13-8-7-12(11-14(13)20-2)18-15(19)16(17)9-5-4-6-10-16/h7-8,11H,3-6,9-10,17H2,1-2H3,(H,18,19). The molecule has 2 rings (SSSR count). The first-order valence-corrected chi connectivity index (χ1v) is 7.50. The second-order valence-corrected chi connectivity index (χ2v) is 5.47. The number of benzene rings is 1. The number of carbonyl (C=O) groups is 1. The average molecular weight is 292 g/mol.